The van der Waals surface area contributed by atoms with Crippen LogP contribution in [0.15, 0.2) is 22.7 Å². The van der Waals surface area contributed by atoms with E-state index in [0.717, 1.165) is 12.8 Å². The van der Waals surface area contributed by atoms with Crippen molar-refractivity contribution in [1.82, 2.24) is 0 Å². The van der Waals surface area contributed by atoms with E-state index in [2.05, 4.69) is 54.9 Å². The molecule has 0 aromatic heterocycles. The van der Waals surface area contributed by atoms with Gasteiger partial charge in [0.15, 0.2) is 0 Å². The van der Waals surface area contributed by atoms with Crippen LogP contribution >= 0.6 is 15.9 Å². The van der Waals surface area contributed by atoms with Crippen LogP contribution < -0.4 is 0 Å². The van der Waals surface area contributed by atoms with Crippen LogP contribution in [0.1, 0.15) is 38.3 Å². The average molecular weight is 295 g/mol. The Kier molecular flexibility index (Phi) is 2.47. The minimum absolute atomic E-state index is 0.145. The highest BCUT2D eigenvalue weighted by molar-refractivity contribution is 9.10. The molecule has 1 spiro atoms. The first kappa shape index (κ1) is 11.7. The van der Waals surface area contributed by atoms with Crippen molar-refractivity contribution in [1.29, 1.82) is 0 Å². The normalized spacial score (nSPS) is 31.4. The monoisotopic (exact) mass is 294 g/mol. The molecule has 2 unspecified atom stereocenters. The minimum atomic E-state index is 0.145. The maximum atomic E-state index is 6.09. The number of rotatable bonds is 0. The van der Waals surface area contributed by atoms with Gasteiger partial charge in [-0.05, 0) is 41.5 Å². The zero-order chi connectivity index (χ0) is 12.3. The summed E-state index contributed by atoms with van der Waals surface area (Å²) in [7, 11) is 0. The third-order valence-corrected chi connectivity index (χ3v) is 4.53. The van der Waals surface area contributed by atoms with Crippen molar-refractivity contribution in [3.63, 3.8) is 0 Å². The fraction of sp³-hybridized carbons (Fsp3) is 0.600. The highest BCUT2D eigenvalue weighted by atomic mass is 79.9. The Bertz CT molecular complexity index is 460. The first-order valence-corrected chi connectivity index (χ1v) is 7.15. The summed E-state index contributed by atoms with van der Waals surface area (Å²) in [5, 5.41) is 0. The summed E-state index contributed by atoms with van der Waals surface area (Å²) in [6, 6.07) is 6.66. The van der Waals surface area contributed by atoms with Gasteiger partial charge in [0.1, 0.15) is 0 Å². The van der Waals surface area contributed by atoms with E-state index >= 15 is 0 Å². The van der Waals surface area contributed by atoms with Gasteiger partial charge in [0.2, 0.25) is 0 Å². The second-order valence-corrected chi connectivity index (χ2v) is 7.43. The highest BCUT2D eigenvalue weighted by Crippen LogP contribution is 2.53. The fourth-order valence-electron chi connectivity index (χ4n) is 3.25. The van der Waals surface area contributed by atoms with Crippen molar-refractivity contribution < 1.29 is 4.74 Å². The molecule has 2 aliphatic rings. The van der Waals surface area contributed by atoms with Crippen LogP contribution in [0.25, 0.3) is 0 Å². The van der Waals surface area contributed by atoms with Gasteiger partial charge < -0.3 is 4.74 Å². The molecule has 0 bridgehead atoms. The van der Waals surface area contributed by atoms with Crippen LogP contribution in [0.4, 0.5) is 0 Å². The molecular weight excluding hydrogens is 276 g/mol. The van der Waals surface area contributed by atoms with Crippen LogP contribution in [0.3, 0.4) is 0 Å². The molecule has 1 fully saturated rings. The summed E-state index contributed by atoms with van der Waals surface area (Å²) < 4.78 is 7.27. The van der Waals surface area contributed by atoms with E-state index in [1.807, 2.05) is 0 Å². The first-order chi connectivity index (χ1) is 7.91. The van der Waals surface area contributed by atoms with Gasteiger partial charge in [-0.3, -0.25) is 0 Å². The summed E-state index contributed by atoms with van der Waals surface area (Å²) >= 11 is 3.56. The molecule has 1 heterocycles. The molecule has 1 aromatic carbocycles. The van der Waals surface area contributed by atoms with Gasteiger partial charge >= 0.3 is 0 Å². The number of benzene rings is 1. The minimum Gasteiger partial charge on any atom is -0.365 e. The third-order valence-electron chi connectivity index (χ3n) is 4.04. The van der Waals surface area contributed by atoms with Crippen LogP contribution in [0, 0.1) is 5.41 Å². The average Bonchev–Trinajstić information content (AvgIpc) is 2.91. The van der Waals surface area contributed by atoms with Crippen molar-refractivity contribution in [3.8, 4) is 0 Å². The van der Waals surface area contributed by atoms with Crippen molar-refractivity contribution in [2.45, 2.75) is 51.7 Å². The summed E-state index contributed by atoms with van der Waals surface area (Å²) in [5.74, 6) is 0. The van der Waals surface area contributed by atoms with Gasteiger partial charge in [-0.2, -0.15) is 0 Å². The number of aryl methyl sites for hydroxylation is 1. The van der Waals surface area contributed by atoms with Gasteiger partial charge in [-0.1, -0.05) is 42.8 Å². The molecule has 2 atom stereocenters. The first-order valence-electron chi connectivity index (χ1n) is 6.36. The Balaban J connectivity index is 1.87. The standard InChI is InChI=1S/C15H19BrO/c1-14(2,3)13-15(17-13)7-6-10-4-5-12(16)8-11(10)9-15/h4-5,8,13H,6-7,9H2,1-3H3. The quantitative estimate of drug-likeness (QED) is 0.656. The molecule has 0 N–H and O–H groups in total. The topological polar surface area (TPSA) is 12.5 Å². The maximum absolute atomic E-state index is 6.09. The smallest absolute Gasteiger partial charge is 0.0997 e. The molecule has 1 saturated heterocycles. The van der Waals surface area contributed by atoms with Crippen LogP contribution in [-0.2, 0) is 17.6 Å². The zero-order valence-corrected chi connectivity index (χ0v) is 12.3. The molecule has 92 valence electrons. The molecule has 0 amide bonds. The Morgan fingerprint density at radius 2 is 2.06 bits per heavy atom. The third kappa shape index (κ3) is 1.96. The number of halogens is 1. The predicted octanol–water partition coefficient (Wildman–Crippen LogP) is 4.12. The number of hydrogen-bond donors (Lipinski definition) is 0. The second kappa shape index (κ2) is 3.58. The molecule has 17 heavy (non-hydrogen) atoms. The highest BCUT2D eigenvalue weighted by Gasteiger charge is 2.61. The van der Waals surface area contributed by atoms with Crippen molar-refractivity contribution in [2.75, 3.05) is 0 Å². The summed E-state index contributed by atoms with van der Waals surface area (Å²) in [6.07, 6.45) is 3.87. The largest absolute Gasteiger partial charge is 0.365 e. The number of ether oxygens (including phenoxy) is 1. The molecule has 3 rings (SSSR count). The van der Waals surface area contributed by atoms with E-state index < -0.39 is 0 Å². The molecular formula is C15H19BrO. The predicted molar refractivity (Wildman–Crippen MR) is 73.2 cm³/mol. The van der Waals surface area contributed by atoms with Gasteiger partial charge in [0, 0.05) is 10.9 Å². The molecule has 0 radical (unpaired) electrons. The van der Waals surface area contributed by atoms with Crippen LogP contribution in [-0.4, -0.2) is 11.7 Å². The molecule has 2 heteroatoms. The SMILES string of the molecule is CC(C)(C)C1OC12CCc1ccc(Br)cc1C2. The van der Waals surface area contributed by atoms with Gasteiger partial charge in [-0.25, -0.2) is 0 Å². The number of fused-ring (bicyclic) bond motifs is 1. The van der Waals surface area contributed by atoms with E-state index in [1.165, 1.54) is 22.0 Å². The lowest BCUT2D eigenvalue weighted by Crippen LogP contribution is -2.30. The lowest BCUT2D eigenvalue weighted by molar-refractivity contribution is 0.237. The maximum Gasteiger partial charge on any atom is 0.0997 e. The molecule has 0 saturated carbocycles. The van der Waals surface area contributed by atoms with E-state index in [4.69, 9.17) is 4.74 Å². The van der Waals surface area contributed by atoms with Gasteiger partial charge in [0.05, 0.1) is 11.7 Å². The number of epoxide rings is 1. The molecule has 1 aliphatic heterocycles. The van der Waals surface area contributed by atoms with Crippen molar-refractivity contribution >= 4 is 15.9 Å². The Morgan fingerprint density at radius 3 is 2.71 bits per heavy atom. The van der Waals surface area contributed by atoms with Gasteiger partial charge in [-0.15, -0.1) is 0 Å². The van der Waals surface area contributed by atoms with Crippen molar-refractivity contribution in [3.05, 3.63) is 33.8 Å². The van der Waals surface area contributed by atoms with Crippen molar-refractivity contribution in [2.24, 2.45) is 5.41 Å². The Labute approximate surface area is 112 Å². The lowest BCUT2D eigenvalue weighted by Gasteiger charge is -2.25. The second-order valence-electron chi connectivity index (χ2n) is 6.52. The molecule has 1 aromatic rings. The lowest BCUT2D eigenvalue weighted by atomic mass is 9.75. The van der Waals surface area contributed by atoms with E-state index in [-0.39, 0.29) is 11.0 Å². The molecule has 1 aliphatic carbocycles. The molecule has 1 nitrogen and oxygen atoms in total. The van der Waals surface area contributed by atoms with E-state index in [1.54, 1.807) is 0 Å². The van der Waals surface area contributed by atoms with E-state index in [0.29, 0.717) is 6.10 Å². The fourth-order valence-corrected chi connectivity index (χ4v) is 3.66. The van der Waals surface area contributed by atoms with Crippen LogP contribution in [0.5, 0.6) is 0 Å². The summed E-state index contributed by atoms with van der Waals surface area (Å²) in [6.45, 7) is 6.84. The Morgan fingerprint density at radius 1 is 1.29 bits per heavy atom. The number of hydrogen-bond acceptors (Lipinski definition) is 1. The van der Waals surface area contributed by atoms with E-state index in [9.17, 15) is 0 Å². The summed E-state index contributed by atoms with van der Waals surface area (Å²) in [5.41, 5.74) is 3.38. The Hall–Kier alpha value is -0.340. The summed E-state index contributed by atoms with van der Waals surface area (Å²) in [4.78, 5) is 0. The zero-order valence-electron chi connectivity index (χ0n) is 10.7. The van der Waals surface area contributed by atoms with Crippen LogP contribution in [0.2, 0.25) is 0 Å². The van der Waals surface area contributed by atoms with Gasteiger partial charge in [0.25, 0.3) is 0 Å².